The second-order valence-electron chi connectivity index (χ2n) is 5.38. The lowest BCUT2D eigenvalue weighted by Gasteiger charge is -2.24. The highest BCUT2D eigenvalue weighted by atomic mass is 79.9. The summed E-state index contributed by atoms with van der Waals surface area (Å²) in [7, 11) is 0. The summed E-state index contributed by atoms with van der Waals surface area (Å²) in [6, 6.07) is 8.15. The molecule has 1 aliphatic heterocycles. The van der Waals surface area contributed by atoms with Gasteiger partial charge in [0.15, 0.2) is 0 Å². The molecule has 2 nitrogen and oxygen atoms in total. The highest BCUT2D eigenvalue weighted by Crippen LogP contribution is 2.35. The van der Waals surface area contributed by atoms with Crippen molar-refractivity contribution in [1.82, 2.24) is 0 Å². The molecule has 5 atom stereocenters. The van der Waals surface area contributed by atoms with Gasteiger partial charge in [-0.3, -0.25) is 0 Å². The molecule has 0 spiro atoms. The molecule has 0 bridgehead atoms. The topological polar surface area (TPSA) is 29.5 Å². The van der Waals surface area contributed by atoms with E-state index in [1.807, 2.05) is 12.1 Å². The van der Waals surface area contributed by atoms with E-state index in [9.17, 15) is 5.11 Å². The second kappa shape index (κ2) is 5.72. The average Bonchev–Trinajstić information content (AvgIpc) is 2.56. The van der Waals surface area contributed by atoms with E-state index in [0.29, 0.717) is 12.3 Å². The van der Waals surface area contributed by atoms with Crippen molar-refractivity contribution >= 4 is 15.9 Å². The average molecular weight is 313 g/mol. The van der Waals surface area contributed by atoms with E-state index in [1.54, 1.807) is 0 Å². The van der Waals surface area contributed by atoms with Gasteiger partial charge in [-0.15, -0.1) is 0 Å². The number of rotatable bonds is 3. The molecule has 1 heterocycles. The molecule has 3 heteroatoms. The summed E-state index contributed by atoms with van der Waals surface area (Å²) in [6.07, 6.45) is 0.744. The van der Waals surface area contributed by atoms with E-state index in [1.165, 1.54) is 5.56 Å². The quantitative estimate of drug-likeness (QED) is 0.926. The fourth-order valence-electron chi connectivity index (χ4n) is 2.95. The Labute approximate surface area is 117 Å². The van der Waals surface area contributed by atoms with E-state index < -0.39 is 0 Å². The van der Waals surface area contributed by atoms with Crippen LogP contribution in [0.4, 0.5) is 0 Å². The minimum absolute atomic E-state index is 0.139. The fourth-order valence-corrected chi connectivity index (χ4v) is 3.22. The zero-order chi connectivity index (χ0) is 13.3. The van der Waals surface area contributed by atoms with Crippen molar-refractivity contribution in [2.75, 3.05) is 0 Å². The van der Waals surface area contributed by atoms with Crippen molar-refractivity contribution in [2.45, 2.75) is 45.5 Å². The summed E-state index contributed by atoms with van der Waals surface area (Å²) in [6.45, 7) is 6.33. The van der Waals surface area contributed by atoms with Crippen molar-refractivity contribution < 1.29 is 9.84 Å². The van der Waals surface area contributed by atoms with E-state index in [-0.39, 0.29) is 24.2 Å². The molecule has 1 aromatic rings. The van der Waals surface area contributed by atoms with Crippen LogP contribution in [0.15, 0.2) is 28.7 Å². The van der Waals surface area contributed by atoms with Crippen LogP contribution in [-0.4, -0.2) is 23.4 Å². The van der Waals surface area contributed by atoms with Crippen molar-refractivity contribution in [3.63, 3.8) is 0 Å². The monoisotopic (exact) mass is 312 g/mol. The summed E-state index contributed by atoms with van der Waals surface area (Å²) < 4.78 is 6.87. The zero-order valence-electron chi connectivity index (χ0n) is 11.1. The number of aliphatic hydroxyl groups is 1. The largest absolute Gasteiger partial charge is 0.392 e. The van der Waals surface area contributed by atoms with Gasteiger partial charge < -0.3 is 9.84 Å². The molecule has 0 saturated carbocycles. The van der Waals surface area contributed by atoms with Crippen LogP contribution in [0.5, 0.6) is 0 Å². The third kappa shape index (κ3) is 2.95. The van der Waals surface area contributed by atoms with Gasteiger partial charge in [0, 0.05) is 10.4 Å². The Bertz CT molecular complexity index is 390. The maximum atomic E-state index is 10.4. The van der Waals surface area contributed by atoms with Crippen LogP contribution >= 0.6 is 15.9 Å². The van der Waals surface area contributed by atoms with Crippen LogP contribution < -0.4 is 0 Å². The molecule has 1 fully saturated rings. The highest BCUT2D eigenvalue weighted by Gasteiger charge is 2.40. The number of hydrogen-bond acceptors (Lipinski definition) is 2. The number of halogens is 1. The van der Waals surface area contributed by atoms with Crippen LogP contribution in [0.1, 0.15) is 26.3 Å². The van der Waals surface area contributed by atoms with E-state index in [2.05, 4.69) is 48.8 Å². The summed E-state index contributed by atoms with van der Waals surface area (Å²) in [5.41, 5.74) is 1.17. The molecule has 5 unspecified atom stereocenters. The van der Waals surface area contributed by atoms with E-state index in [0.717, 1.165) is 4.47 Å². The van der Waals surface area contributed by atoms with Gasteiger partial charge in [0.1, 0.15) is 0 Å². The molecule has 1 N–H and O–H groups in total. The highest BCUT2D eigenvalue weighted by molar-refractivity contribution is 9.10. The number of ether oxygens (including phenoxy) is 1. The summed E-state index contributed by atoms with van der Waals surface area (Å²) in [4.78, 5) is 0. The first-order chi connectivity index (χ1) is 8.49. The lowest BCUT2D eigenvalue weighted by Crippen LogP contribution is -2.32. The maximum absolute atomic E-state index is 10.4. The lowest BCUT2D eigenvalue weighted by molar-refractivity contribution is 0.0240. The summed E-state index contributed by atoms with van der Waals surface area (Å²) >= 11 is 3.42. The molecular weight excluding hydrogens is 292 g/mol. The van der Waals surface area contributed by atoms with Gasteiger partial charge in [-0.1, -0.05) is 35.0 Å². The molecule has 0 aromatic heterocycles. The van der Waals surface area contributed by atoms with Crippen LogP contribution in [0.2, 0.25) is 0 Å². The first-order valence-corrected chi connectivity index (χ1v) is 7.36. The van der Waals surface area contributed by atoms with E-state index in [4.69, 9.17) is 4.74 Å². The number of aliphatic hydroxyl groups excluding tert-OH is 1. The van der Waals surface area contributed by atoms with Crippen LogP contribution in [0.3, 0.4) is 0 Å². The zero-order valence-corrected chi connectivity index (χ0v) is 12.7. The number of hydrogen-bond donors (Lipinski definition) is 1. The molecule has 2 rings (SSSR count). The molecule has 0 radical (unpaired) electrons. The van der Waals surface area contributed by atoms with Gasteiger partial charge in [-0.05, 0) is 43.9 Å². The Hall–Kier alpha value is -0.380. The van der Waals surface area contributed by atoms with Crippen LogP contribution in [0.25, 0.3) is 0 Å². The molecule has 0 amide bonds. The SMILES string of the molecule is CC1OC(C)C(C(O)Cc2ccc(Br)cc2)C1C. The van der Waals surface area contributed by atoms with Crippen molar-refractivity contribution in [3.05, 3.63) is 34.3 Å². The Kier molecular flexibility index (Phi) is 4.46. The van der Waals surface area contributed by atoms with Gasteiger partial charge in [0.2, 0.25) is 0 Å². The minimum atomic E-state index is -0.332. The first-order valence-electron chi connectivity index (χ1n) is 6.57. The Morgan fingerprint density at radius 2 is 1.78 bits per heavy atom. The lowest BCUT2D eigenvalue weighted by atomic mass is 9.83. The third-order valence-corrected chi connectivity index (χ3v) is 4.65. The third-order valence-electron chi connectivity index (χ3n) is 4.12. The molecule has 0 aliphatic carbocycles. The molecule has 1 aromatic carbocycles. The van der Waals surface area contributed by atoms with Gasteiger partial charge in [0.25, 0.3) is 0 Å². The summed E-state index contributed by atoms with van der Waals surface area (Å²) in [5.74, 6) is 0.633. The molecule has 1 aliphatic rings. The Morgan fingerprint density at radius 3 is 2.28 bits per heavy atom. The summed E-state index contributed by atoms with van der Waals surface area (Å²) in [5, 5.41) is 10.4. The van der Waals surface area contributed by atoms with Crippen molar-refractivity contribution in [1.29, 1.82) is 0 Å². The molecule has 18 heavy (non-hydrogen) atoms. The van der Waals surface area contributed by atoms with Crippen molar-refractivity contribution in [2.24, 2.45) is 11.8 Å². The number of benzene rings is 1. The second-order valence-corrected chi connectivity index (χ2v) is 6.30. The predicted octanol–water partition coefficient (Wildman–Crippen LogP) is 3.41. The maximum Gasteiger partial charge on any atom is 0.0636 e. The van der Waals surface area contributed by atoms with Gasteiger partial charge in [-0.25, -0.2) is 0 Å². The predicted molar refractivity (Wildman–Crippen MR) is 76.5 cm³/mol. The van der Waals surface area contributed by atoms with E-state index >= 15 is 0 Å². The van der Waals surface area contributed by atoms with Gasteiger partial charge >= 0.3 is 0 Å². The molecule has 100 valence electrons. The van der Waals surface area contributed by atoms with Gasteiger partial charge in [-0.2, -0.15) is 0 Å². The molecular formula is C15H21BrO2. The van der Waals surface area contributed by atoms with Gasteiger partial charge in [0.05, 0.1) is 18.3 Å². The van der Waals surface area contributed by atoms with Crippen LogP contribution in [-0.2, 0) is 11.2 Å². The first kappa shape index (κ1) is 14.0. The molecule has 1 saturated heterocycles. The Morgan fingerprint density at radius 1 is 1.17 bits per heavy atom. The van der Waals surface area contributed by atoms with Crippen LogP contribution in [0, 0.1) is 11.8 Å². The smallest absolute Gasteiger partial charge is 0.0636 e. The fraction of sp³-hybridized carbons (Fsp3) is 0.600. The Balaban J connectivity index is 2.03. The van der Waals surface area contributed by atoms with Crippen molar-refractivity contribution in [3.8, 4) is 0 Å². The normalized spacial score (nSPS) is 33.6. The minimum Gasteiger partial charge on any atom is -0.392 e. The standard InChI is InChI=1S/C15H21BrO2/c1-9-10(2)18-11(3)15(9)14(17)8-12-4-6-13(16)7-5-12/h4-7,9-11,14-15,17H,8H2,1-3H3.